The number of carbonyl (C=O) groups excluding carboxylic acids is 1. The molecule has 0 unspecified atom stereocenters. The zero-order chi connectivity index (χ0) is 17.1. The van der Waals surface area contributed by atoms with Crippen LogP contribution < -0.4 is 5.43 Å². The summed E-state index contributed by atoms with van der Waals surface area (Å²) < 4.78 is 0. The second-order valence-corrected chi connectivity index (χ2v) is 6.11. The first-order valence-corrected chi connectivity index (χ1v) is 8.09. The molecule has 0 aliphatic rings. The van der Waals surface area contributed by atoms with E-state index < -0.39 is 0 Å². The minimum absolute atomic E-state index is 0.258. The molecule has 0 saturated carbocycles. The van der Waals surface area contributed by atoms with E-state index in [-0.39, 0.29) is 5.91 Å². The lowest BCUT2D eigenvalue weighted by Crippen LogP contribution is -2.19. The monoisotopic (exact) mass is 356 g/mol. The highest BCUT2D eigenvalue weighted by Gasteiger charge is 2.09. The minimum Gasteiger partial charge on any atom is -0.267 e. The van der Waals surface area contributed by atoms with Gasteiger partial charge in [-0.15, -0.1) is 0 Å². The van der Waals surface area contributed by atoms with Crippen LogP contribution in [0.1, 0.15) is 22.8 Å². The number of fused-ring (bicyclic) bond motifs is 1. The van der Waals surface area contributed by atoms with Crippen LogP contribution in [0.4, 0.5) is 0 Å². The molecule has 0 aromatic heterocycles. The minimum atomic E-state index is -0.258. The first-order chi connectivity index (χ1) is 11.6. The van der Waals surface area contributed by atoms with Crippen molar-refractivity contribution in [1.82, 2.24) is 5.43 Å². The molecule has 24 heavy (non-hydrogen) atoms. The lowest BCUT2D eigenvalue weighted by Gasteiger charge is -2.07. The number of rotatable bonds is 3. The van der Waals surface area contributed by atoms with E-state index in [0.29, 0.717) is 21.3 Å². The van der Waals surface area contributed by atoms with Crippen molar-refractivity contribution in [2.24, 2.45) is 5.10 Å². The second-order valence-electron chi connectivity index (χ2n) is 5.29. The van der Waals surface area contributed by atoms with Crippen LogP contribution in [0.2, 0.25) is 10.0 Å². The van der Waals surface area contributed by atoms with E-state index in [2.05, 4.69) is 10.5 Å². The molecule has 0 atom stereocenters. The van der Waals surface area contributed by atoms with Crippen molar-refractivity contribution in [3.63, 3.8) is 0 Å². The van der Waals surface area contributed by atoms with Crippen molar-refractivity contribution in [3.05, 3.63) is 81.8 Å². The van der Waals surface area contributed by atoms with E-state index in [0.717, 1.165) is 16.3 Å². The van der Waals surface area contributed by atoms with Gasteiger partial charge in [0.05, 0.1) is 15.8 Å². The van der Waals surface area contributed by atoms with Crippen LogP contribution >= 0.6 is 23.2 Å². The van der Waals surface area contributed by atoms with E-state index in [4.69, 9.17) is 23.2 Å². The van der Waals surface area contributed by atoms with Gasteiger partial charge in [0.1, 0.15) is 0 Å². The van der Waals surface area contributed by atoms with Gasteiger partial charge in [-0.25, -0.2) is 5.43 Å². The Bertz CT molecular complexity index is 946. The Morgan fingerprint density at radius 3 is 2.50 bits per heavy atom. The number of nitrogens with zero attached hydrogens (tertiary/aromatic N) is 1. The standard InChI is InChI=1S/C19H14Cl2N2O/c1-12(14-9-10-17(20)18(21)11-14)22-23-19(24)16-8-4-6-13-5-2-3-7-15(13)16/h2-11H,1H3,(H,23,24)/b22-12-. The van der Waals surface area contributed by atoms with Gasteiger partial charge in [0, 0.05) is 5.56 Å². The summed E-state index contributed by atoms with van der Waals surface area (Å²) in [7, 11) is 0. The van der Waals surface area contributed by atoms with Crippen molar-refractivity contribution in [3.8, 4) is 0 Å². The van der Waals surface area contributed by atoms with E-state index in [9.17, 15) is 4.79 Å². The average molecular weight is 357 g/mol. The molecule has 3 aromatic carbocycles. The Morgan fingerprint density at radius 2 is 1.71 bits per heavy atom. The summed E-state index contributed by atoms with van der Waals surface area (Å²) in [5, 5.41) is 6.99. The number of amides is 1. The molecule has 3 rings (SSSR count). The Hall–Kier alpha value is -2.36. The smallest absolute Gasteiger partial charge is 0.267 e. The molecule has 5 heteroatoms. The molecule has 1 amide bonds. The number of hydrogen-bond acceptors (Lipinski definition) is 2. The maximum Gasteiger partial charge on any atom is 0.272 e. The Kier molecular flexibility index (Phi) is 4.84. The number of hydrazone groups is 1. The Morgan fingerprint density at radius 1 is 0.958 bits per heavy atom. The van der Waals surface area contributed by atoms with E-state index in [1.807, 2.05) is 36.4 Å². The normalized spacial score (nSPS) is 11.5. The van der Waals surface area contributed by atoms with Gasteiger partial charge in [-0.1, -0.05) is 65.7 Å². The highest BCUT2D eigenvalue weighted by molar-refractivity contribution is 6.42. The molecule has 1 N–H and O–H groups in total. The van der Waals surface area contributed by atoms with Gasteiger partial charge in [-0.2, -0.15) is 5.10 Å². The zero-order valence-corrected chi connectivity index (χ0v) is 14.4. The predicted molar refractivity (Wildman–Crippen MR) is 100 cm³/mol. The van der Waals surface area contributed by atoms with Gasteiger partial charge in [-0.3, -0.25) is 4.79 Å². The van der Waals surface area contributed by atoms with Crippen LogP contribution in [0, 0.1) is 0 Å². The summed E-state index contributed by atoms with van der Waals surface area (Å²) in [6.07, 6.45) is 0. The maximum atomic E-state index is 12.5. The summed E-state index contributed by atoms with van der Waals surface area (Å²) in [6, 6.07) is 18.6. The fourth-order valence-electron chi connectivity index (χ4n) is 2.40. The van der Waals surface area contributed by atoms with Crippen LogP contribution in [0.3, 0.4) is 0 Å². The topological polar surface area (TPSA) is 41.5 Å². The van der Waals surface area contributed by atoms with Crippen LogP contribution in [-0.2, 0) is 0 Å². The van der Waals surface area contributed by atoms with Gasteiger partial charge >= 0.3 is 0 Å². The number of halogens is 2. The van der Waals surface area contributed by atoms with E-state index >= 15 is 0 Å². The molecule has 0 radical (unpaired) electrons. The molecule has 0 spiro atoms. The molecule has 0 fully saturated rings. The Balaban J connectivity index is 1.85. The van der Waals surface area contributed by atoms with E-state index in [1.54, 1.807) is 31.2 Å². The Labute approximate surface area is 149 Å². The third-order valence-electron chi connectivity index (χ3n) is 3.70. The highest BCUT2D eigenvalue weighted by Crippen LogP contribution is 2.23. The highest BCUT2D eigenvalue weighted by atomic mass is 35.5. The molecular weight excluding hydrogens is 343 g/mol. The first-order valence-electron chi connectivity index (χ1n) is 7.34. The molecule has 0 aliphatic carbocycles. The van der Waals surface area contributed by atoms with Crippen molar-refractivity contribution >= 4 is 45.6 Å². The SMILES string of the molecule is C/C(=N/NC(=O)c1cccc2ccccc12)c1ccc(Cl)c(Cl)c1. The fraction of sp³-hybridized carbons (Fsp3) is 0.0526. The summed E-state index contributed by atoms with van der Waals surface area (Å²) in [5.74, 6) is -0.258. The fourth-order valence-corrected chi connectivity index (χ4v) is 2.70. The molecular formula is C19H14Cl2N2O. The van der Waals surface area contributed by atoms with Crippen LogP contribution in [0.5, 0.6) is 0 Å². The third kappa shape index (κ3) is 3.42. The molecule has 0 aliphatic heterocycles. The number of benzene rings is 3. The van der Waals surface area contributed by atoms with Gasteiger partial charge in [0.25, 0.3) is 5.91 Å². The predicted octanol–water partition coefficient (Wildman–Crippen LogP) is 5.30. The van der Waals surface area contributed by atoms with Crippen molar-refractivity contribution < 1.29 is 4.79 Å². The molecule has 120 valence electrons. The van der Waals surface area contributed by atoms with Crippen LogP contribution in [0.25, 0.3) is 10.8 Å². The van der Waals surface area contributed by atoms with E-state index in [1.165, 1.54) is 0 Å². The molecule has 0 saturated heterocycles. The van der Waals surface area contributed by atoms with Crippen LogP contribution in [-0.4, -0.2) is 11.6 Å². The van der Waals surface area contributed by atoms with Crippen molar-refractivity contribution in [2.45, 2.75) is 6.92 Å². The number of nitrogens with one attached hydrogen (secondary N) is 1. The second kappa shape index (κ2) is 7.04. The summed E-state index contributed by atoms with van der Waals surface area (Å²) in [6.45, 7) is 1.79. The van der Waals surface area contributed by atoms with Gasteiger partial charge in [0.15, 0.2) is 0 Å². The maximum absolute atomic E-state index is 12.5. The number of hydrogen-bond donors (Lipinski definition) is 1. The largest absolute Gasteiger partial charge is 0.272 e. The van der Waals surface area contributed by atoms with Gasteiger partial charge in [0.2, 0.25) is 0 Å². The van der Waals surface area contributed by atoms with Gasteiger partial charge in [-0.05, 0) is 41.5 Å². The molecule has 3 nitrogen and oxygen atoms in total. The van der Waals surface area contributed by atoms with Crippen LogP contribution in [0.15, 0.2) is 65.8 Å². The molecule has 3 aromatic rings. The number of carbonyl (C=O) groups is 1. The molecule has 0 bridgehead atoms. The zero-order valence-electron chi connectivity index (χ0n) is 12.9. The quantitative estimate of drug-likeness (QED) is 0.502. The van der Waals surface area contributed by atoms with Crippen molar-refractivity contribution in [1.29, 1.82) is 0 Å². The lowest BCUT2D eigenvalue weighted by atomic mass is 10.0. The molecule has 0 heterocycles. The van der Waals surface area contributed by atoms with Crippen molar-refractivity contribution in [2.75, 3.05) is 0 Å². The summed E-state index contributed by atoms with van der Waals surface area (Å²) in [5.41, 5.74) is 4.61. The average Bonchev–Trinajstić information content (AvgIpc) is 2.61. The first kappa shape index (κ1) is 16.5. The third-order valence-corrected chi connectivity index (χ3v) is 4.44. The summed E-state index contributed by atoms with van der Waals surface area (Å²) in [4.78, 5) is 12.5. The van der Waals surface area contributed by atoms with Gasteiger partial charge < -0.3 is 0 Å². The summed E-state index contributed by atoms with van der Waals surface area (Å²) >= 11 is 11.9. The lowest BCUT2D eigenvalue weighted by molar-refractivity contribution is 0.0956.